The summed E-state index contributed by atoms with van der Waals surface area (Å²) in [6, 6.07) is 9.20. The molecule has 0 aliphatic rings. The highest BCUT2D eigenvalue weighted by atomic mass is 35.5. The lowest BCUT2D eigenvalue weighted by molar-refractivity contribution is -0.115. The fourth-order valence-electron chi connectivity index (χ4n) is 2.13. The molecule has 2 aromatic rings. The Kier molecular flexibility index (Phi) is 6.47. The Labute approximate surface area is 157 Å². The van der Waals surface area contributed by atoms with Gasteiger partial charge in [-0.15, -0.1) is 0 Å². The van der Waals surface area contributed by atoms with Crippen molar-refractivity contribution in [3.05, 3.63) is 47.0 Å². The van der Waals surface area contributed by atoms with Crippen LogP contribution in [0.3, 0.4) is 0 Å². The van der Waals surface area contributed by atoms with E-state index in [0.717, 1.165) is 0 Å². The molecule has 26 heavy (non-hydrogen) atoms. The van der Waals surface area contributed by atoms with Gasteiger partial charge in [-0.25, -0.2) is 13.1 Å². The summed E-state index contributed by atoms with van der Waals surface area (Å²) in [7, 11) is -0.884. The number of aryl methyl sites for hydroxylation is 1. The third-order valence-corrected chi connectivity index (χ3v) is 5.37. The fourth-order valence-corrected chi connectivity index (χ4v) is 3.32. The summed E-state index contributed by atoms with van der Waals surface area (Å²) in [4.78, 5) is 12.2. The molecule has 0 aromatic heterocycles. The predicted molar refractivity (Wildman–Crippen MR) is 99.6 cm³/mol. The number of hydrogen-bond donors (Lipinski definition) is 2. The lowest BCUT2D eigenvalue weighted by atomic mass is 10.2. The van der Waals surface area contributed by atoms with E-state index >= 15 is 0 Å². The first kappa shape index (κ1) is 20.0. The van der Waals surface area contributed by atoms with Crippen LogP contribution in [0.4, 0.5) is 5.69 Å². The highest BCUT2D eigenvalue weighted by Crippen LogP contribution is 2.28. The Morgan fingerprint density at radius 1 is 1.12 bits per heavy atom. The second kappa shape index (κ2) is 8.39. The number of carbonyl (C=O) groups is 1. The van der Waals surface area contributed by atoms with Crippen LogP contribution in [0.1, 0.15) is 5.56 Å². The van der Waals surface area contributed by atoms with Gasteiger partial charge in [0.15, 0.2) is 0 Å². The molecule has 0 fully saturated rings. The number of carbonyl (C=O) groups excluding carboxylic acids is 1. The van der Waals surface area contributed by atoms with Crippen LogP contribution in [-0.2, 0) is 14.8 Å². The van der Waals surface area contributed by atoms with Crippen LogP contribution in [0, 0.1) is 6.92 Å². The van der Waals surface area contributed by atoms with Crippen molar-refractivity contribution in [1.82, 2.24) is 4.72 Å². The van der Waals surface area contributed by atoms with Gasteiger partial charge in [-0.05, 0) is 42.8 Å². The Hall–Kier alpha value is -2.29. The van der Waals surface area contributed by atoms with Gasteiger partial charge in [-0.3, -0.25) is 4.79 Å². The minimum absolute atomic E-state index is 0.0335. The molecule has 1 amide bonds. The van der Waals surface area contributed by atoms with Crippen molar-refractivity contribution in [2.75, 3.05) is 26.1 Å². The van der Waals surface area contributed by atoms with E-state index in [2.05, 4.69) is 10.0 Å². The quantitative estimate of drug-likeness (QED) is 0.747. The number of benzene rings is 2. The zero-order valence-corrected chi connectivity index (χ0v) is 16.1. The molecule has 0 spiro atoms. The Balaban J connectivity index is 2.07. The zero-order valence-electron chi connectivity index (χ0n) is 14.5. The van der Waals surface area contributed by atoms with Crippen molar-refractivity contribution < 1.29 is 22.7 Å². The van der Waals surface area contributed by atoms with Gasteiger partial charge in [0.2, 0.25) is 15.9 Å². The number of ether oxygens (including phenoxy) is 2. The van der Waals surface area contributed by atoms with Gasteiger partial charge in [0.05, 0.1) is 31.3 Å². The smallest absolute Gasteiger partial charge is 0.241 e. The van der Waals surface area contributed by atoms with Crippen molar-refractivity contribution >= 4 is 33.2 Å². The predicted octanol–water partition coefficient (Wildman–Crippen LogP) is 2.58. The van der Waals surface area contributed by atoms with Gasteiger partial charge in [-0.1, -0.05) is 11.6 Å². The number of sulfonamides is 1. The SMILES string of the molecule is COc1ccc(OC)c(NC(=O)CNS(=O)(=O)c2ccc(Cl)c(C)c2)c1. The lowest BCUT2D eigenvalue weighted by Gasteiger charge is -2.12. The van der Waals surface area contributed by atoms with Crippen LogP contribution in [0.5, 0.6) is 11.5 Å². The summed E-state index contributed by atoms with van der Waals surface area (Å²) >= 11 is 5.90. The van der Waals surface area contributed by atoms with Gasteiger partial charge in [0.1, 0.15) is 11.5 Å². The van der Waals surface area contributed by atoms with Crippen LogP contribution in [0.2, 0.25) is 5.02 Å². The van der Waals surface area contributed by atoms with Gasteiger partial charge in [-0.2, -0.15) is 0 Å². The third-order valence-electron chi connectivity index (χ3n) is 3.54. The van der Waals surface area contributed by atoms with Crippen LogP contribution in [0.25, 0.3) is 0 Å². The first-order valence-corrected chi connectivity index (χ1v) is 9.40. The highest BCUT2D eigenvalue weighted by molar-refractivity contribution is 7.89. The molecule has 0 bridgehead atoms. The molecule has 0 aliphatic carbocycles. The van der Waals surface area contributed by atoms with Crippen molar-refractivity contribution in [3.63, 3.8) is 0 Å². The topological polar surface area (TPSA) is 93.7 Å². The standard InChI is InChI=1S/C17H19ClN2O5S/c1-11-8-13(5-6-14(11)18)26(22,23)19-10-17(21)20-15-9-12(24-2)4-7-16(15)25-3/h4-9,19H,10H2,1-3H3,(H,20,21). The summed E-state index contributed by atoms with van der Waals surface area (Å²) < 4.78 is 37.1. The molecule has 9 heteroatoms. The van der Waals surface area contributed by atoms with Crippen LogP contribution >= 0.6 is 11.6 Å². The van der Waals surface area contributed by atoms with Gasteiger partial charge in [0.25, 0.3) is 0 Å². The first-order valence-electron chi connectivity index (χ1n) is 7.54. The maximum Gasteiger partial charge on any atom is 0.241 e. The monoisotopic (exact) mass is 398 g/mol. The van der Waals surface area contributed by atoms with E-state index in [4.69, 9.17) is 21.1 Å². The number of nitrogens with one attached hydrogen (secondary N) is 2. The van der Waals surface area contributed by atoms with Crippen LogP contribution < -0.4 is 19.5 Å². The molecule has 140 valence electrons. The fraction of sp³-hybridized carbons (Fsp3) is 0.235. The summed E-state index contributed by atoms with van der Waals surface area (Å²) in [5, 5.41) is 3.05. The van der Waals surface area contributed by atoms with E-state index in [1.54, 1.807) is 25.1 Å². The van der Waals surface area contributed by atoms with E-state index in [9.17, 15) is 13.2 Å². The van der Waals surface area contributed by atoms with E-state index in [1.807, 2.05) is 0 Å². The third kappa shape index (κ3) is 4.87. The maximum absolute atomic E-state index is 12.3. The number of methoxy groups -OCH3 is 2. The van der Waals surface area contributed by atoms with E-state index in [-0.39, 0.29) is 4.90 Å². The first-order chi connectivity index (χ1) is 12.3. The molecule has 2 aromatic carbocycles. The molecule has 0 heterocycles. The molecule has 2 N–H and O–H groups in total. The van der Waals surface area contributed by atoms with Gasteiger partial charge in [0, 0.05) is 11.1 Å². The number of amides is 1. The number of anilines is 1. The molecule has 0 atom stereocenters. The van der Waals surface area contributed by atoms with E-state index in [1.165, 1.54) is 32.4 Å². The van der Waals surface area contributed by atoms with E-state index < -0.39 is 22.5 Å². The van der Waals surface area contributed by atoms with E-state index in [0.29, 0.717) is 27.8 Å². The minimum Gasteiger partial charge on any atom is -0.497 e. The number of rotatable bonds is 7. The molecule has 0 saturated carbocycles. The minimum atomic E-state index is -3.84. The molecule has 0 saturated heterocycles. The second-order valence-electron chi connectivity index (χ2n) is 5.35. The Morgan fingerprint density at radius 3 is 2.46 bits per heavy atom. The molecule has 0 radical (unpaired) electrons. The molecule has 2 rings (SSSR count). The Bertz CT molecular complexity index is 915. The van der Waals surface area contributed by atoms with Gasteiger partial charge >= 0.3 is 0 Å². The van der Waals surface area contributed by atoms with Crippen molar-refractivity contribution in [2.45, 2.75) is 11.8 Å². The summed E-state index contributed by atoms with van der Waals surface area (Å²) in [5.74, 6) is 0.402. The molecule has 7 nitrogen and oxygen atoms in total. The second-order valence-corrected chi connectivity index (χ2v) is 7.52. The van der Waals surface area contributed by atoms with Crippen molar-refractivity contribution in [3.8, 4) is 11.5 Å². The Morgan fingerprint density at radius 2 is 1.85 bits per heavy atom. The average Bonchev–Trinajstić information content (AvgIpc) is 2.62. The summed E-state index contributed by atoms with van der Waals surface area (Å²) in [6.07, 6.45) is 0. The van der Waals surface area contributed by atoms with Crippen molar-refractivity contribution in [2.24, 2.45) is 0 Å². The zero-order chi connectivity index (χ0) is 19.3. The molecular weight excluding hydrogens is 380 g/mol. The van der Waals surface area contributed by atoms with Crippen molar-refractivity contribution in [1.29, 1.82) is 0 Å². The van der Waals surface area contributed by atoms with Gasteiger partial charge < -0.3 is 14.8 Å². The lowest BCUT2D eigenvalue weighted by Crippen LogP contribution is -2.33. The average molecular weight is 399 g/mol. The highest BCUT2D eigenvalue weighted by Gasteiger charge is 2.17. The molecule has 0 unspecified atom stereocenters. The van der Waals surface area contributed by atoms with Crippen LogP contribution in [0.15, 0.2) is 41.3 Å². The summed E-state index contributed by atoms with van der Waals surface area (Å²) in [6.45, 7) is 1.26. The number of halogens is 1. The normalized spacial score (nSPS) is 11.1. The maximum atomic E-state index is 12.3. The number of hydrogen-bond acceptors (Lipinski definition) is 5. The van der Waals surface area contributed by atoms with Crippen LogP contribution in [-0.4, -0.2) is 35.1 Å². The summed E-state index contributed by atoms with van der Waals surface area (Å²) in [5.41, 5.74) is 0.999. The largest absolute Gasteiger partial charge is 0.497 e. The molecular formula is C17H19ClN2O5S. The molecule has 0 aliphatic heterocycles.